The lowest BCUT2D eigenvalue weighted by molar-refractivity contribution is -0.137. The minimum Gasteiger partial charge on any atom is -0.456 e. The van der Waals surface area contributed by atoms with Crippen LogP contribution in [0.1, 0.15) is 47.2 Å². The number of carbonyl (C=O) groups is 1. The van der Waals surface area contributed by atoms with Crippen LogP contribution in [-0.2, 0) is 6.18 Å². The normalized spacial score (nSPS) is 17.9. The van der Waals surface area contributed by atoms with Crippen molar-refractivity contribution >= 4 is 34.1 Å². The van der Waals surface area contributed by atoms with Gasteiger partial charge in [-0.05, 0) is 55.9 Å². The van der Waals surface area contributed by atoms with Crippen molar-refractivity contribution in [2.45, 2.75) is 37.9 Å². The van der Waals surface area contributed by atoms with E-state index in [1.54, 1.807) is 12.4 Å². The third-order valence-corrected chi connectivity index (χ3v) is 7.06. The second-order valence-electron chi connectivity index (χ2n) is 9.31. The smallest absolute Gasteiger partial charge is 0.418 e. The summed E-state index contributed by atoms with van der Waals surface area (Å²) in [6.07, 6.45) is 4.26. The fourth-order valence-corrected chi connectivity index (χ4v) is 4.98. The Morgan fingerprint density at radius 3 is 2.61 bits per heavy atom. The van der Waals surface area contributed by atoms with Crippen LogP contribution in [0, 0.1) is 5.92 Å². The molecule has 198 valence electrons. The number of ether oxygens (including phenoxy) is 1. The van der Waals surface area contributed by atoms with E-state index in [1.165, 1.54) is 18.2 Å². The molecule has 3 N–H and O–H groups in total. The highest BCUT2D eigenvalue weighted by Crippen LogP contribution is 2.35. The molecule has 1 aliphatic carbocycles. The molecule has 0 atom stereocenters. The SMILES string of the molecule is O=C(c1ccc(Oc2cncc(C(F)(F)F)c2)cc1Cl)c1c[nH]c2nccc(N[C@H]3CC[C@H](CO)CC3)c12. The molecular weight excluding hydrogens is 521 g/mol. The summed E-state index contributed by atoms with van der Waals surface area (Å²) < 4.78 is 44.4. The standard InChI is InChI=1S/C27H24ClF3N4O3/c28-22-10-18(38-19-9-16(11-32-12-19)27(29,30)31)5-6-20(22)25(37)21-13-34-26-24(21)23(7-8-33-26)35-17-3-1-15(14-36)2-4-17/h5-13,15,17,36H,1-4,14H2,(H2,33,34,35)/t15-,17-. The topological polar surface area (TPSA) is 100 Å². The number of aromatic nitrogens is 3. The van der Waals surface area contributed by atoms with E-state index in [0.717, 1.165) is 43.6 Å². The number of carbonyl (C=O) groups excluding carboxylic acids is 1. The molecule has 0 aliphatic heterocycles. The van der Waals surface area contributed by atoms with Crippen LogP contribution in [0.25, 0.3) is 11.0 Å². The second-order valence-corrected chi connectivity index (χ2v) is 9.72. The first kappa shape index (κ1) is 26.0. The highest BCUT2D eigenvalue weighted by Gasteiger charge is 2.31. The van der Waals surface area contributed by atoms with E-state index >= 15 is 0 Å². The number of fused-ring (bicyclic) bond motifs is 1. The van der Waals surface area contributed by atoms with Gasteiger partial charge >= 0.3 is 6.18 Å². The molecule has 0 amide bonds. The van der Waals surface area contributed by atoms with Crippen molar-refractivity contribution in [3.8, 4) is 11.5 Å². The van der Waals surface area contributed by atoms with Gasteiger partial charge in [-0.25, -0.2) is 4.98 Å². The Labute approximate surface area is 221 Å². The summed E-state index contributed by atoms with van der Waals surface area (Å²) in [5, 5.41) is 13.7. The van der Waals surface area contributed by atoms with E-state index in [-0.39, 0.29) is 40.5 Å². The molecule has 0 saturated heterocycles. The van der Waals surface area contributed by atoms with Crippen LogP contribution in [0.2, 0.25) is 5.02 Å². The van der Waals surface area contributed by atoms with Gasteiger partial charge in [-0.15, -0.1) is 0 Å². The number of benzene rings is 1. The van der Waals surface area contributed by atoms with Gasteiger partial charge in [0.05, 0.1) is 27.7 Å². The molecule has 11 heteroatoms. The maximum absolute atomic E-state index is 13.5. The van der Waals surface area contributed by atoms with Gasteiger partial charge < -0.3 is 20.1 Å². The predicted molar refractivity (Wildman–Crippen MR) is 137 cm³/mol. The minimum absolute atomic E-state index is 0.0857. The Morgan fingerprint density at radius 1 is 1.11 bits per heavy atom. The van der Waals surface area contributed by atoms with Crippen molar-refractivity contribution in [3.05, 3.63) is 76.8 Å². The Bertz CT molecular complexity index is 1470. The molecule has 0 bridgehead atoms. The average molecular weight is 545 g/mol. The molecule has 4 aromatic rings. The van der Waals surface area contributed by atoms with E-state index in [9.17, 15) is 23.1 Å². The van der Waals surface area contributed by atoms with E-state index in [0.29, 0.717) is 28.7 Å². The first-order chi connectivity index (χ1) is 18.2. The van der Waals surface area contributed by atoms with Crippen LogP contribution >= 0.6 is 11.6 Å². The van der Waals surface area contributed by atoms with Crippen LogP contribution in [0.4, 0.5) is 18.9 Å². The Kier molecular flexibility index (Phi) is 7.27. The molecule has 1 fully saturated rings. The first-order valence-corrected chi connectivity index (χ1v) is 12.5. The number of ketones is 1. The summed E-state index contributed by atoms with van der Waals surface area (Å²) >= 11 is 6.43. The maximum atomic E-state index is 13.5. The number of nitrogens with zero attached hydrogens (tertiary/aromatic N) is 2. The van der Waals surface area contributed by atoms with Crippen LogP contribution in [0.15, 0.2) is 55.1 Å². The lowest BCUT2D eigenvalue weighted by Crippen LogP contribution is -2.27. The molecule has 5 rings (SSSR count). The second kappa shape index (κ2) is 10.6. The van der Waals surface area contributed by atoms with Gasteiger partial charge in [0.1, 0.15) is 17.1 Å². The van der Waals surface area contributed by atoms with Gasteiger partial charge in [-0.1, -0.05) is 11.6 Å². The van der Waals surface area contributed by atoms with Crippen molar-refractivity contribution in [3.63, 3.8) is 0 Å². The number of H-pyrrole nitrogens is 1. The Balaban J connectivity index is 1.38. The molecule has 0 radical (unpaired) electrons. The van der Waals surface area contributed by atoms with E-state index in [2.05, 4.69) is 20.3 Å². The number of aliphatic hydroxyl groups excluding tert-OH is 1. The van der Waals surface area contributed by atoms with Crippen LogP contribution in [0.3, 0.4) is 0 Å². The van der Waals surface area contributed by atoms with Gasteiger partial charge in [0.15, 0.2) is 5.78 Å². The minimum atomic E-state index is -4.55. The van der Waals surface area contributed by atoms with Gasteiger partial charge in [0, 0.05) is 48.6 Å². The molecule has 0 spiro atoms. The fourth-order valence-electron chi connectivity index (χ4n) is 4.72. The number of aliphatic hydroxyl groups is 1. The summed E-state index contributed by atoms with van der Waals surface area (Å²) in [6, 6.07) is 7.19. The number of hydrogen-bond donors (Lipinski definition) is 3. The molecule has 3 aromatic heterocycles. The largest absolute Gasteiger partial charge is 0.456 e. The molecule has 1 aromatic carbocycles. The number of hydrogen-bond acceptors (Lipinski definition) is 6. The lowest BCUT2D eigenvalue weighted by atomic mass is 9.86. The Hall–Kier alpha value is -3.63. The first-order valence-electron chi connectivity index (χ1n) is 12.1. The molecule has 38 heavy (non-hydrogen) atoms. The Morgan fingerprint density at radius 2 is 1.89 bits per heavy atom. The quantitative estimate of drug-likeness (QED) is 0.226. The summed E-state index contributed by atoms with van der Waals surface area (Å²) in [7, 11) is 0. The predicted octanol–water partition coefficient (Wildman–Crippen LogP) is 6.62. The number of anilines is 1. The zero-order valence-corrected chi connectivity index (χ0v) is 20.8. The number of nitrogens with one attached hydrogen (secondary N) is 2. The van der Waals surface area contributed by atoms with Crippen molar-refractivity contribution < 1.29 is 27.8 Å². The summed E-state index contributed by atoms with van der Waals surface area (Å²) in [4.78, 5) is 24.5. The summed E-state index contributed by atoms with van der Waals surface area (Å²) in [6.45, 7) is 0.199. The van der Waals surface area contributed by atoms with E-state index in [4.69, 9.17) is 16.3 Å². The van der Waals surface area contributed by atoms with Crippen LogP contribution < -0.4 is 10.1 Å². The summed E-state index contributed by atoms with van der Waals surface area (Å²) in [5.41, 5.74) is 0.986. The van der Waals surface area contributed by atoms with Crippen molar-refractivity contribution in [2.24, 2.45) is 5.92 Å². The zero-order chi connectivity index (χ0) is 26.9. The van der Waals surface area contributed by atoms with Crippen LogP contribution in [-0.4, -0.2) is 38.5 Å². The highest BCUT2D eigenvalue weighted by molar-refractivity contribution is 6.35. The number of rotatable bonds is 7. The van der Waals surface area contributed by atoms with Gasteiger partial charge in [-0.2, -0.15) is 13.2 Å². The third kappa shape index (κ3) is 5.46. The number of pyridine rings is 2. The summed E-state index contributed by atoms with van der Waals surface area (Å²) in [5.74, 6) is 0.0398. The number of alkyl halides is 3. The lowest BCUT2D eigenvalue weighted by Gasteiger charge is -2.29. The van der Waals surface area contributed by atoms with Gasteiger partial charge in [-0.3, -0.25) is 9.78 Å². The van der Waals surface area contributed by atoms with E-state index < -0.39 is 11.7 Å². The molecule has 7 nitrogen and oxygen atoms in total. The molecule has 3 heterocycles. The zero-order valence-electron chi connectivity index (χ0n) is 20.1. The molecular formula is C27H24ClF3N4O3. The van der Waals surface area contributed by atoms with Crippen LogP contribution in [0.5, 0.6) is 11.5 Å². The van der Waals surface area contributed by atoms with Gasteiger partial charge in [0.25, 0.3) is 0 Å². The fraction of sp³-hybridized carbons (Fsp3) is 0.296. The highest BCUT2D eigenvalue weighted by atomic mass is 35.5. The van der Waals surface area contributed by atoms with Crippen molar-refractivity contribution in [1.29, 1.82) is 0 Å². The monoisotopic (exact) mass is 544 g/mol. The molecule has 1 aliphatic rings. The number of halogens is 4. The maximum Gasteiger partial charge on any atom is 0.418 e. The van der Waals surface area contributed by atoms with Crippen molar-refractivity contribution in [2.75, 3.05) is 11.9 Å². The third-order valence-electron chi connectivity index (χ3n) is 6.74. The molecule has 1 saturated carbocycles. The van der Waals surface area contributed by atoms with E-state index in [1.807, 2.05) is 6.07 Å². The molecule has 0 unspecified atom stereocenters. The average Bonchev–Trinajstić information content (AvgIpc) is 3.34. The van der Waals surface area contributed by atoms with Gasteiger partial charge in [0.2, 0.25) is 0 Å². The van der Waals surface area contributed by atoms with Crippen molar-refractivity contribution in [1.82, 2.24) is 15.0 Å². The number of aromatic amines is 1.